The van der Waals surface area contributed by atoms with E-state index in [0.717, 1.165) is 12.8 Å². The topological polar surface area (TPSA) is 17.1 Å². The van der Waals surface area contributed by atoms with E-state index < -0.39 is 0 Å². The SMILES string of the molecule is CC(C)C[C@@]1(C=O)[Te]C=C(CCCl)C1C. The van der Waals surface area contributed by atoms with Gasteiger partial charge in [0.05, 0.1) is 0 Å². The van der Waals surface area contributed by atoms with Crippen molar-refractivity contribution in [3.63, 3.8) is 0 Å². The molecule has 0 aromatic rings. The second-order valence-corrected chi connectivity index (χ2v) is 8.53. The van der Waals surface area contributed by atoms with Gasteiger partial charge in [-0.05, 0) is 0 Å². The van der Waals surface area contributed by atoms with Crippen molar-refractivity contribution in [3.8, 4) is 0 Å². The van der Waals surface area contributed by atoms with Crippen LogP contribution in [0.4, 0.5) is 0 Å². The summed E-state index contributed by atoms with van der Waals surface area (Å²) in [6.45, 7) is 6.60. The van der Waals surface area contributed by atoms with Crippen molar-refractivity contribution in [3.05, 3.63) is 9.70 Å². The summed E-state index contributed by atoms with van der Waals surface area (Å²) in [6, 6.07) is 0. The molecule has 0 amide bonds. The monoisotopic (exact) mass is 344 g/mol. The molecule has 1 rings (SSSR count). The van der Waals surface area contributed by atoms with Crippen molar-refractivity contribution in [1.29, 1.82) is 0 Å². The van der Waals surface area contributed by atoms with E-state index in [1.54, 1.807) is 0 Å². The molecule has 0 aromatic carbocycles. The first-order chi connectivity index (χ1) is 7.05. The van der Waals surface area contributed by atoms with Crippen LogP contribution in [-0.2, 0) is 4.79 Å². The van der Waals surface area contributed by atoms with E-state index in [1.807, 2.05) is 0 Å². The van der Waals surface area contributed by atoms with Crippen molar-refractivity contribution in [2.24, 2.45) is 11.8 Å². The van der Waals surface area contributed by atoms with E-state index in [1.165, 1.54) is 11.9 Å². The van der Waals surface area contributed by atoms with Crippen molar-refractivity contribution in [2.45, 2.75) is 37.1 Å². The maximum atomic E-state index is 11.4. The summed E-state index contributed by atoms with van der Waals surface area (Å²) in [5.74, 6) is 1.71. The molecule has 1 unspecified atom stereocenters. The van der Waals surface area contributed by atoms with Gasteiger partial charge in [-0.2, -0.15) is 0 Å². The second-order valence-electron chi connectivity index (χ2n) is 4.64. The third-order valence-corrected chi connectivity index (χ3v) is 7.43. The van der Waals surface area contributed by atoms with Crippen LogP contribution in [0.15, 0.2) is 9.70 Å². The molecule has 0 fully saturated rings. The summed E-state index contributed by atoms with van der Waals surface area (Å²) < 4.78 is 2.34. The maximum absolute atomic E-state index is 11.4. The number of allylic oxidation sites excluding steroid dienone is 1. The fraction of sp³-hybridized carbons (Fsp3) is 0.750. The molecule has 86 valence electrons. The number of carbonyl (C=O) groups is 1. The first-order valence-electron chi connectivity index (χ1n) is 5.44. The van der Waals surface area contributed by atoms with Crippen LogP contribution in [0.1, 0.15) is 33.6 Å². The molecule has 0 bridgehead atoms. The Balaban J connectivity index is 2.75. The van der Waals surface area contributed by atoms with Crippen LogP contribution < -0.4 is 0 Å². The molecule has 0 saturated heterocycles. The Hall–Kier alpha value is 0.490. The van der Waals surface area contributed by atoms with Gasteiger partial charge in [0.15, 0.2) is 0 Å². The second kappa shape index (κ2) is 5.71. The third kappa shape index (κ3) is 2.99. The summed E-state index contributed by atoms with van der Waals surface area (Å²) in [7, 11) is 0. The number of alkyl halides is 1. The van der Waals surface area contributed by atoms with Gasteiger partial charge in [0.1, 0.15) is 0 Å². The van der Waals surface area contributed by atoms with Gasteiger partial charge in [-0.25, -0.2) is 0 Å². The minimum atomic E-state index is -0.313. The third-order valence-electron chi connectivity index (χ3n) is 3.03. The normalized spacial score (nSPS) is 30.7. The van der Waals surface area contributed by atoms with Gasteiger partial charge in [0, 0.05) is 0 Å². The number of hydrogen-bond donors (Lipinski definition) is 0. The molecule has 0 radical (unpaired) electrons. The predicted molar refractivity (Wildman–Crippen MR) is 66.6 cm³/mol. The fourth-order valence-corrected chi connectivity index (χ4v) is 6.72. The van der Waals surface area contributed by atoms with Gasteiger partial charge in [-0.1, -0.05) is 0 Å². The van der Waals surface area contributed by atoms with Crippen molar-refractivity contribution >= 4 is 38.8 Å². The first-order valence-corrected chi connectivity index (χ1v) is 8.49. The molecule has 3 heteroatoms. The van der Waals surface area contributed by atoms with Gasteiger partial charge >= 0.3 is 108 Å². The zero-order chi connectivity index (χ0) is 11.5. The number of carbonyl (C=O) groups excluding carboxylic acids is 1. The Labute approximate surface area is 108 Å². The molecule has 0 aromatic heterocycles. The van der Waals surface area contributed by atoms with Crippen molar-refractivity contribution < 1.29 is 4.79 Å². The van der Waals surface area contributed by atoms with Crippen LogP contribution in [0, 0.1) is 11.8 Å². The number of aldehydes is 1. The molecule has 1 heterocycles. The quantitative estimate of drug-likeness (QED) is 0.426. The summed E-state index contributed by atoms with van der Waals surface area (Å²) in [5, 5.41) is 0. The van der Waals surface area contributed by atoms with Crippen LogP contribution in [0.25, 0.3) is 0 Å². The van der Waals surface area contributed by atoms with Gasteiger partial charge in [-0.3, -0.25) is 0 Å². The standard InChI is InChI=1S/C12H19ClOTe/c1-9(2)6-12(8-14)10(3)11(4-5-13)7-15-12/h7-10H,4-6H2,1-3H3/t10?,12-/m0/s1. The van der Waals surface area contributed by atoms with Gasteiger partial charge in [0.25, 0.3) is 0 Å². The first kappa shape index (κ1) is 13.6. The summed E-state index contributed by atoms with van der Waals surface area (Å²) >= 11 is 5.46. The Morgan fingerprint density at radius 3 is 2.80 bits per heavy atom. The number of hydrogen-bond acceptors (Lipinski definition) is 1. The van der Waals surface area contributed by atoms with E-state index in [4.69, 9.17) is 11.6 Å². The molecule has 0 aliphatic carbocycles. The van der Waals surface area contributed by atoms with Crippen molar-refractivity contribution in [2.75, 3.05) is 5.88 Å². The van der Waals surface area contributed by atoms with Crippen LogP contribution >= 0.6 is 11.6 Å². The molecular formula is C12H19ClOTe. The van der Waals surface area contributed by atoms with Crippen LogP contribution in [-0.4, -0.2) is 33.1 Å². The summed E-state index contributed by atoms with van der Waals surface area (Å²) in [6.07, 6.45) is 3.24. The number of halogens is 1. The molecule has 0 spiro atoms. The van der Waals surface area contributed by atoms with Crippen LogP contribution in [0.5, 0.6) is 0 Å². The number of rotatable bonds is 5. The van der Waals surface area contributed by atoms with E-state index >= 15 is 0 Å². The molecule has 1 aliphatic rings. The van der Waals surface area contributed by atoms with Crippen LogP contribution in [0.3, 0.4) is 0 Å². The summed E-state index contributed by atoms with van der Waals surface area (Å²) in [5.41, 5.74) is 1.43. The molecular weight excluding hydrogens is 323 g/mol. The van der Waals surface area contributed by atoms with Gasteiger partial charge < -0.3 is 0 Å². The minimum absolute atomic E-state index is 0.0133. The molecule has 2 atom stereocenters. The summed E-state index contributed by atoms with van der Waals surface area (Å²) in [4.78, 5) is 11.4. The molecule has 1 aliphatic heterocycles. The van der Waals surface area contributed by atoms with Gasteiger partial charge in [-0.15, -0.1) is 0 Å². The Morgan fingerprint density at radius 2 is 2.33 bits per heavy atom. The zero-order valence-corrected chi connectivity index (χ0v) is 12.7. The van der Waals surface area contributed by atoms with Crippen LogP contribution in [0.2, 0.25) is 3.46 Å². The Morgan fingerprint density at radius 1 is 1.67 bits per heavy atom. The molecule has 0 N–H and O–H groups in total. The van der Waals surface area contributed by atoms with E-state index in [2.05, 4.69) is 24.9 Å². The van der Waals surface area contributed by atoms with Crippen molar-refractivity contribution in [1.82, 2.24) is 0 Å². The molecule has 15 heavy (non-hydrogen) atoms. The van der Waals surface area contributed by atoms with Gasteiger partial charge in [0.2, 0.25) is 0 Å². The Bertz CT molecular complexity index is 262. The Kier molecular flexibility index (Phi) is 5.16. The molecule has 0 saturated carbocycles. The fourth-order valence-electron chi connectivity index (χ4n) is 2.13. The predicted octanol–water partition coefficient (Wildman–Crippen LogP) is 3.26. The molecule has 1 nitrogen and oxygen atoms in total. The average molecular weight is 342 g/mol. The van der Waals surface area contributed by atoms with E-state index in [0.29, 0.717) is 17.7 Å². The average Bonchev–Trinajstić information content (AvgIpc) is 2.47. The van der Waals surface area contributed by atoms with E-state index in [-0.39, 0.29) is 24.4 Å². The van der Waals surface area contributed by atoms with E-state index in [9.17, 15) is 4.79 Å². The zero-order valence-electron chi connectivity index (χ0n) is 9.63.